The smallest absolute Gasteiger partial charge is 0.123 e. The lowest BCUT2D eigenvalue weighted by Crippen LogP contribution is -1.92. The molecule has 0 aliphatic rings. The van der Waals surface area contributed by atoms with E-state index in [-0.39, 0.29) is 0 Å². The van der Waals surface area contributed by atoms with E-state index >= 15 is 0 Å². The number of hydrogen-bond acceptors (Lipinski definition) is 4. The highest BCUT2D eigenvalue weighted by molar-refractivity contribution is 7.98. The molecule has 0 spiro atoms. The van der Waals surface area contributed by atoms with Crippen molar-refractivity contribution in [1.82, 2.24) is 0 Å². The molecule has 2 rings (SSSR count). The Morgan fingerprint density at radius 3 is 2.05 bits per heavy atom. The maximum Gasteiger partial charge on any atom is 0.123 e. The van der Waals surface area contributed by atoms with Crippen LogP contribution >= 0.6 is 11.8 Å². The largest absolute Gasteiger partial charge is 0.497 e. The normalized spacial score (nSPS) is 10.2. The van der Waals surface area contributed by atoms with Gasteiger partial charge in [0.1, 0.15) is 17.2 Å². The molecule has 0 amide bonds. The first-order chi connectivity index (χ1) is 9.76. The molecule has 0 heterocycles. The van der Waals surface area contributed by atoms with E-state index in [1.807, 2.05) is 30.3 Å². The third kappa shape index (κ3) is 3.61. The van der Waals surface area contributed by atoms with Crippen molar-refractivity contribution in [2.45, 2.75) is 10.6 Å². The SMILES string of the molecule is COc1ccc(SCc2cc(OC)ccc2OC)cc1. The summed E-state index contributed by atoms with van der Waals surface area (Å²) in [5, 5.41) is 0. The van der Waals surface area contributed by atoms with E-state index in [9.17, 15) is 0 Å². The fourth-order valence-electron chi connectivity index (χ4n) is 1.83. The Kier molecular flexibility index (Phi) is 5.18. The number of methoxy groups -OCH3 is 3. The van der Waals surface area contributed by atoms with Crippen LogP contribution in [0.4, 0.5) is 0 Å². The zero-order valence-corrected chi connectivity index (χ0v) is 12.7. The predicted molar refractivity (Wildman–Crippen MR) is 82.1 cm³/mol. The fourth-order valence-corrected chi connectivity index (χ4v) is 2.70. The summed E-state index contributed by atoms with van der Waals surface area (Å²) in [7, 11) is 5.02. The molecular weight excluding hydrogens is 272 g/mol. The van der Waals surface area contributed by atoms with Crippen LogP contribution in [0.25, 0.3) is 0 Å². The van der Waals surface area contributed by atoms with Crippen LogP contribution < -0.4 is 14.2 Å². The van der Waals surface area contributed by atoms with E-state index in [0.717, 1.165) is 28.6 Å². The molecule has 0 radical (unpaired) electrons. The van der Waals surface area contributed by atoms with Crippen LogP contribution in [-0.2, 0) is 5.75 Å². The summed E-state index contributed by atoms with van der Waals surface area (Å²) in [4.78, 5) is 1.19. The minimum Gasteiger partial charge on any atom is -0.497 e. The van der Waals surface area contributed by atoms with E-state index in [1.54, 1.807) is 33.1 Å². The minimum atomic E-state index is 0.826. The quantitative estimate of drug-likeness (QED) is 0.751. The van der Waals surface area contributed by atoms with Gasteiger partial charge in [-0.25, -0.2) is 0 Å². The summed E-state index contributed by atoms with van der Waals surface area (Å²) in [6.07, 6.45) is 0. The molecular formula is C16H18O3S. The maximum absolute atomic E-state index is 5.38. The summed E-state index contributed by atoms with van der Waals surface area (Å²) in [5.74, 6) is 3.42. The standard InChI is InChI=1S/C16H18O3S/c1-17-13-4-7-15(8-5-13)20-11-12-10-14(18-2)6-9-16(12)19-3/h4-10H,11H2,1-3H3. The molecule has 2 aromatic rings. The number of benzene rings is 2. The Bertz CT molecular complexity index is 552. The molecule has 0 atom stereocenters. The molecule has 0 N–H and O–H groups in total. The van der Waals surface area contributed by atoms with Gasteiger partial charge in [0.25, 0.3) is 0 Å². The molecule has 0 aromatic heterocycles. The summed E-state index contributed by atoms with van der Waals surface area (Å²) in [6, 6.07) is 13.9. The van der Waals surface area contributed by atoms with Crippen molar-refractivity contribution >= 4 is 11.8 Å². The van der Waals surface area contributed by atoms with E-state index in [4.69, 9.17) is 14.2 Å². The topological polar surface area (TPSA) is 27.7 Å². The summed E-state index contributed by atoms with van der Waals surface area (Å²) < 4.78 is 15.8. The number of rotatable bonds is 6. The van der Waals surface area contributed by atoms with Crippen LogP contribution in [0.1, 0.15) is 5.56 Å². The van der Waals surface area contributed by atoms with Gasteiger partial charge in [0.05, 0.1) is 21.3 Å². The van der Waals surface area contributed by atoms with Gasteiger partial charge in [-0.3, -0.25) is 0 Å². The molecule has 0 aliphatic carbocycles. The highest BCUT2D eigenvalue weighted by Crippen LogP contribution is 2.31. The molecule has 0 bridgehead atoms. The zero-order chi connectivity index (χ0) is 14.4. The summed E-state index contributed by atoms with van der Waals surface area (Å²) >= 11 is 1.75. The van der Waals surface area contributed by atoms with Gasteiger partial charge >= 0.3 is 0 Å². The Morgan fingerprint density at radius 2 is 1.45 bits per heavy atom. The second-order valence-electron chi connectivity index (χ2n) is 4.14. The second kappa shape index (κ2) is 7.10. The summed E-state index contributed by atoms with van der Waals surface area (Å²) in [6.45, 7) is 0. The molecule has 4 heteroatoms. The number of thioether (sulfide) groups is 1. The minimum absolute atomic E-state index is 0.826. The van der Waals surface area contributed by atoms with Gasteiger partial charge in [-0.1, -0.05) is 0 Å². The Morgan fingerprint density at radius 1 is 0.800 bits per heavy atom. The number of hydrogen-bond donors (Lipinski definition) is 0. The van der Waals surface area contributed by atoms with Crippen LogP contribution in [0.15, 0.2) is 47.4 Å². The third-order valence-corrected chi connectivity index (χ3v) is 4.00. The lowest BCUT2D eigenvalue weighted by Gasteiger charge is -2.10. The van der Waals surface area contributed by atoms with Crippen molar-refractivity contribution in [2.24, 2.45) is 0 Å². The molecule has 0 fully saturated rings. The predicted octanol–water partition coefficient (Wildman–Crippen LogP) is 4.00. The maximum atomic E-state index is 5.38. The van der Waals surface area contributed by atoms with Gasteiger partial charge in [0.2, 0.25) is 0 Å². The fraction of sp³-hybridized carbons (Fsp3) is 0.250. The van der Waals surface area contributed by atoms with Crippen LogP contribution in [0.3, 0.4) is 0 Å². The first-order valence-corrected chi connectivity index (χ1v) is 7.23. The number of ether oxygens (including phenoxy) is 3. The average molecular weight is 290 g/mol. The van der Waals surface area contributed by atoms with Crippen molar-refractivity contribution in [1.29, 1.82) is 0 Å². The highest BCUT2D eigenvalue weighted by Gasteiger charge is 2.06. The van der Waals surface area contributed by atoms with Gasteiger partial charge in [-0.2, -0.15) is 0 Å². The van der Waals surface area contributed by atoms with E-state index in [2.05, 4.69) is 12.1 Å². The first-order valence-electron chi connectivity index (χ1n) is 6.24. The van der Waals surface area contributed by atoms with Gasteiger partial charge in [-0.15, -0.1) is 11.8 Å². The van der Waals surface area contributed by atoms with Crippen molar-refractivity contribution in [3.63, 3.8) is 0 Å². The van der Waals surface area contributed by atoms with Crippen LogP contribution in [0, 0.1) is 0 Å². The molecule has 106 valence electrons. The van der Waals surface area contributed by atoms with Gasteiger partial charge < -0.3 is 14.2 Å². The van der Waals surface area contributed by atoms with Crippen LogP contribution in [-0.4, -0.2) is 21.3 Å². The van der Waals surface area contributed by atoms with Crippen LogP contribution in [0.2, 0.25) is 0 Å². The molecule has 2 aromatic carbocycles. The van der Waals surface area contributed by atoms with Crippen LogP contribution in [0.5, 0.6) is 17.2 Å². The van der Waals surface area contributed by atoms with Gasteiger partial charge in [0.15, 0.2) is 0 Å². The van der Waals surface area contributed by atoms with E-state index in [1.165, 1.54) is 4.90 Å². The molecule has 0 unspecified atom stereocenters. The van der Waals surface area contributed by atoms with E-state index in [0.29, 0.717) is 0 Å². The second-order valence-corrected chi connectivity index (χ2v) is 5.19. The van der Waals surface area contributed by atoms with E-state index < -0.39 is 0 Å². The third-order valence-electron chi connectivity index (χ3n) is 2.94. The van der Waals surface area contributed by atoms with Crippen molar-refractivity contribution in [3.05, 3.63) is 48.0 Å². The molecule has 0 saturated carbocycles. The van der Waals surface area contributed by atoms with Crippen molar-refractivity contribution in [3.8, 4) is 17.2 Å². The lowest BCUT2D eigenvalue weighted by atomic mass is 10.2. The Balaban J connectivity index is 2.08. The van der Waals surface area contributed by atoms with Crippen molar-refractivity contribution < 1.29 is 14.2 Å². The average Bonchev–Trinajstić information content (AvgIpc) is 2.53. The van der Waals surface area contributed by atoms with Gasteiger partial charge in [-0.05, 0) is 42.5 Å². The molecule has 0 saturated heterocycles. The molecule has 3 nitrogen and oxygen atoms in total. The van der Waals surface area contributed by atoms with Crippen molar-refractivity contribution in [2.75, 3.05) is 21.3 Å². The zero-order valence-electron chi connectivity index (χ0n) is 11.9. The van der Waals surface area contributed by atoms with Gasteiger partial charge in [0, 0.05) is 16.2 Å². The monoisotopic (exact) mass is 290 g/mol. The lowest BCUT2D eigenvalue weighted by molar-refractivity contribution is 0.400. The Hall–Kier alpha value is -1.81. The first kappa shape index (κ1) is 14.6. The molecule has 0 aliphatic heterocycles. The Labute approximate surface area is 123 Å². The summed E-state index contributed by atoms with van der Waals surface area (Å²) in [5.41, 5.74) is 1.12. The highest BCUT2D eigenvalue weighted by atomic mass is 32.2. The molecule has 20 heavy (non-hydrogen) atoms.